The van der Waals surface area contributed by atoms with Gasteiger partial charge >= 0.3 is 0 Å². The van der Waals surface area contributed by atoms with Crippen LogP contribution in [-0.4, -0.2) is 18.7 Å². The van der Waals surface area contributed by atoms with Crippen LogP contribution < -0.4 is 9.47 Å². The van der Waals surface area contributed by atoms with Crippen molar-refractivity contribution in [2.45, 2.75) is 20.8 Å². The van der Waals surface area contributed by atoms with Crippen LogP contribution in [0.4, 0.5) is 0 Å². The number of benzene rings is 2. The SMILES string of the molecule is CCOc1ccc(-c2[nH]c(-c3ccc(OC)c(Br)c3)c(C)c2C)cc1. The van der Waals surface area contributed by atoms with Gasteiger partial charge in [0.25, 0.3) is 0 Å². The highest BCUT2D eigenvalue weighted by atomic mass is 79.9. The highest BCUT2D eigenvalue weighted by molar-refractivity contribution is 9.10. The zero-order chi connectivity index (χ0) is 18.0. The van der Waals surface area contributed by atoms with E-state index in [4.69, 9.17) is 9.47 Å². The molecule has 0 aliphatic carbocycles. The first-order valence-corrected chi connectivity index (χ1v) is 9.10. The van der Waals surface area contributed by atoms with E-state index in [1.165, 1.54) is 11.1 Å². The molecule has 0 unspecified atom stereocenters. The molecule has 1 N–H and O–H groups in total. The van der Waals surface area contributed by atoms with Crippen molar-refractivity contribution in [1.29, 1.82) is 0 Å². The second kappa shape index (κ2) is 7.36. The van der Waals surface area contributed by atoms with Gasteiger partial charge in [-0.2, -0.15) is 0 Å². The fraction of sp³-hybridized carbons (Fsp3) is 0.238. The molecule has 0 atom stereocenters. The lowest BCUT2D eigenvalue weighted by Crippen LogP contribution is -1.91. The molecule has 3 aromatic rings. The van der Waals surface area contributed by atoms with Crippen molar-refractivity contribution in [1.82, 2.24) is 4.98 Å². The van der Waals surface area contributed by atoms with E-state index in [1.54, 1.807) is 7.11 Å². The summed E-state index contributed by atoms with van der Waals surface area (Å²) in [7, 11) is 1.67. The largest absolute Gasteiger partial charge is 0.496 e. The molecule has 0 amide bonds. The Labute approximate surface area is 157 Å². The van der Waals surface area contributed by atoms with Crippen LogP contribution in [0.3, 0.4) is 0 Å². The third-order valence-electron chi connectivity index (χ3n) is 4.46. The van der Waals surface area contributed by atoms with E-state index in [1.807, 2.05) is 25.1 Å². The minimum absolute atomic E-state index is 0.677. The number of rotatable bonds is 5. The van der Waals surface area contributed by atoms with E-state index >= 15 is 0 Å². The fourth-order valence-corrected chi connectivity index (χ4v) is 3.51. The molecule has 0 aliphatic rings. The van der Waals surface area contributed by atoms with Crippen LogP contribution in [0.2, 0.25) is 0 Å². The van der Waals surface area contributed by atoms with Gasteiger partial charge in [0.1, 0.15) is 11.5 Å². The molecule has 4 heteroatoms. The van der Waals surface area contributed by atoms with Crippen LogP contribution in [-0.2, 0) is 0 Å². The van der Waals surface area contributed by atoms with Gasteiger partial charge in [-0.25, -0.2) is 0 Å². The van der Waals surface area contributed by atoms with E-state index in [2.05, 4.69) is 59.0 Å². The van der Waals surface area contributed by atoms with E-state index in [9.17, 15) is 0 Å². The quantitative estimate of drug-likeness (QED) is 0.559. The van der Waals surface area contributed by atoms with Gasteiger partial charge in [0, 0.05) is 11.4 Å². The Morgan fingerprint density at radius 2 is 1.52 bits per heavy atom. The maximum atomic E-state index is 5.53. The molecule has 0 spiro atoms. The van der Waals surface area contributed by atoms with Gasteiger partial charge in [0.15, 0.2) is 0 Å². The molecule has 0 saturated carbocycles. The minimum atomic E-state index is 0.677. The molecule has 0 aliphatic heterocycles. The van der Waals surface area contributed by atoms with Crippen molar-refractivity contribution in [3.05, 3.63) is 58.1 Å². The molecule has 0 radical (unpaired) electrons. The molecule has 0 saturated heterocycles. The molecular formula is C21H22BrNO2. The number of hydrogen-bond donors (Lipinski definition) is 1. The van der Waals surface area contributed by atoms with Gasteiger partial charge in [-0.15, -0.1) is 0 Å². The Balaban J connectivity index is 2.01. The molecule has 130 valence electrons. The Morgan fingerprint density at radius 3 is 2.08 bits per heavy atom. The number of aromatic amines is 1. The number of H-pyrrole nitrogens is 1. The Kier molecular flexibility index (Phi) is 5.19. The van der Waals surface area contributed by atoms with Gasteiger partial charge in [-0.1, -0.05) is 0 Å². The number of aromatic nitrogens is 1. The molecule has 25 heavy (non-hydrogen) atoms. The number of methoxy groups -OCH3 is 1. The van der Waals surface area contributed by atoms with Crippen LogP contribution >= 0.6 is 15.9 Å². The number of hydrogen-bond acceptors (Lipinski definition) is 2. The fourth-order valence-electron chi connectivity index (χ4n) is 2.97. The average Bonchev–Trinajstić information content (AvgIpc) is 2.91. The van der Waals surface area contributed by atoms with E-state index in [-0.39, 0.29) is 0 Å². The maximum absolute atomic E-state index is 5.53. The monoisotopic (exact) mass is 399 g/mol. The zero-order valence-corrected chi connectivity index (χ0v) is 16.5. The standard InChI is InChI=1S/C21H22BrNO2/c1-5-25-17-9-6-15(7-10-17)20-13(2)14(3)21(23-20)16-8-11-19(24-4)18(22)12-16/h6-12,23H,5H2,1-4H3. The van der Waals surface area contributed by atoms with Crippen LogP contribution in [0.5, 0.6) is 11.5 Å². The molecule has 1 aromatic heterocycles. The van der Waals surface area contributed by atoms with Crippen molar-refractivity contribution in [3.8, 4) is 34.0 Å². The molecular weight excluding hydrogens is 378 g/mol. The summed E-state index contributed by atoms with van der Waals surface area (Å²) in [5, 5.41) is 0. The third kappa shape index (κ3) is 3.45. The van der Waals surface area contributed by atoms with Crippen LogP contribution in [0, 0.1) is 13.8 Å². The number of ether oxygens (including phenoxy) is 2. The first-order valence-electron chi connectivity index (χ1n) is 8.31. The smallest absolute Gasteiger partial charge is 0.133 e. The van der Waals surface area contributed by atoms with Gasteiger partial charge < -0.3 is 14.5 Å². The van der Waals surface area contributed by atoms with Gasteiger partial charge in [-0.3, -0.25) is 0 Å². The number of halogens is 1. The van der Waals surface area contributed by atoms with Crippen LogP contribution in [0.25, 0.3) is 22.5 Å². The van der Waals surface area contributed by atoms with Crippen molar-refractivity contribution in [3.63, 3.8) is 0 Å². The van der Waals surface area contributed by atoms with Crippen LogP contribution in [0.15, 0.2) is 46.9 Å². The summed E-state index contributed by atoms with van der Waals surface area (Å²) in [5.74, 6) is 1.72. The van der Waals surface area contributed by atoms with Crippen LogP contribution in [0.1, 0.15) is 18.1 Å². The summed E-state index contributed by atoms with van der Waals surface area (Å²) in [5.41, 5.74) is 7.06. The second-order valence-electron chi connectivity index (χ2n) is 5.93. The lowest BCUT2D eigenvalue weighted by atomic mass is 10.0. The van der Waals surface area contributed by atoms with Crippen molar-refractivity contribution in [2.75, 3.05) is 13.7 Å². The summed E-state index contributed by atoms with van der Waals surface area (Å²) >= 11 is 3.57. The van der Waals surface area contributed by atoms with Crippen molar-refractivity contribution >= 4 is 15.9 Å². The molecule has 2 aromatic carbocycles. The highest BCUT2D eigenvalue weighted by Gasteiger charge is 2.15. The van der Waals surface area contributed by atoms with Gasteiger partial charge in [-0.05, 0) is 101 Å². The van der Waals surface area contributed by atoms with E-state index < -0.39 is 0 Å². The highest BCUT2D eigenvalue weighted by Crippen LogP contribution is 2.36. The van der Waals surface area contributed by atoms with Gasteiger partial charge in [0.05, 0.1) is 18.2 Å². The summed E-state index contributed by atoms with van der Waals surface area (Å²) in [6.07, 6.45) is 0. The zero-order valence-electron chi connectivity index (χ0n) is 14.9. The minimum Gasteiger partial charge on any atom is -0.496 e. The summed E-state index contributed by atoms with van der Waals surface area (Å²) in [6, 6.07) is 14.3. The maximum Gasteiger partial charge on any atom is 0.133 e. The molecule has 3 rings (SSSR count). The summed E-state index contributed by atoms with van der Waals surface area (Å²) in [4.78, 5) is 3.60. The van der Waals surface area contributed by atoms with Crippen molar-refractivity contribution < 1.29 is 9.47 Å². The summed E-state index contributed by atoms with van der Waals surface area (Å²) in [6.45, 7) is 6.97. The molecule has 0 fully saturated rings. The molecule has 3 nitrogen and oxygen atoms in total. The predicted molar refractivity (Wildman–Crippen MR) is 107 cm³/mol. The lowest BCUT2D eigenvalue weighted by molar-refractivity contribution is 0.340. The normalized spacial score (nSPS) is 10.8. The molecule has 1 heterocycles. The first-order chi connectivity index (χ1) is 12.0. The molecule has 0 bridgehead atoms. The van der Waals surface area contributed by atoms with Gasteiger partial charge in [0.2, 0.25) is 0 Å². The summed E-state index contributed by atoms with van der Waals surface area (Å²) < 4.78 is 11.8. The Morgan fingerprint density at radius 1 is 0.920 bits per heavy atom. The predicted octanol–water partition coefficient (Wildman–Crippen LogP) is 6.14. The Hall–Kier alpha value is -2.20. The van der Waals surface area contributed by atoms with E-state index in [0.717, 1.165) is 38.5 Å². The number of nitrogens with one attached hydrogen (secondary N) is 1. The third-order valence-corrected chi connectivity index (χ3v) is 5.08. The average molecular weight is 400 g/mol. The van der Waals surface area contributed by atoms with E-state index in [0.29, 0.717) is 6.61 Å². The van der Waals surface area contributed by atoms with Crippen molar-refractivity contribution in [2.24, 2.45) is 0 Å². The lowest BCUT2D eigenvalue weighted by Gasteiger charge is -2.06. The first kappa shape index (κ1) is 17.6. The second-order valence-corrected chi connectivity index (χ2v) is 6.79. The topological polar surface area (TPSA) is 34.2 Å². The Bertz CT molecular complexity index is 882.